The van der Waals surface area contributed by atoms with Crippen LogP contribution in [0.1, 0.15) is 12.7 Å². The van der Waals surface area contributed by atoms with Crippen LogP contribution in [0.4, 0.5) is 17.1 Å². The molecule has 0 aliphatic carbocycles. The minimum absolute atomic E-state index is 0.0477. The lowest BCUT2D eigenvalue weighted by molar-refractivity contribution is -0.384. The molecule has 1 heterocycles. The van der Waals surface area contributed by atoms with E-state index < -0.39 is 10.9 Å². The van der Waals surface area contributed by atoms with E-state index in [-0.39, 0.29) is 23.6 Å². The summed E-state index contributed by atoms with van der Waals surface area (Å²) in [6.07, 6.45) is 1.29. The van der Waals surface area contributed by atoms with Gasteiger partial charge in [-0.2, -0.15) is 5.26 Å². The van der Waals surface area contributed by atoms with Crippen LogP contribution in [0.5, 0.6) is 5.75 Å². The quantitative estimate of drug-likeness (QED) is 0.198. The van der Waals surface area contributed by atoms with Crippen LogP contribution in [0.2, 0.25) is 0 Å². The van der Waals surface area contributed by atoms with Gasteiger partial charge in [-0.05, 0) is 37.3 Å². The van der Waals surface area contributed by atoms with Crippen LogP contribution < -0.4 is 10.1 Å². The van der Waals surface area contributed by atoms with Gasteiger partial charge in [0.15, 0.2) is 5.76 Å². The van der Waals surface area contributed by atoms with E-state index in [1.807, 2.05) is 6.07 Å². The Morgan fingerprint density at radius 1 is 1.30 bits per heavy atom. The summed E-state index contributed by atoms with van der Waals surface area (Å²) < 4.78 is 16.0. The molecule has 3 rings (SSSR count). The highest BCUT2D eigenvalue weighted by Gasteiger charge is 2.18. The highest BCUT2D eigenvalue weighted by Crippen LogP contribution is 2.37. The lowest BCUT2D eigenvalue weighted by Gasteiger charge is -2.07. The number of nitro groups is 1. The molecule has 3 aromatic rings. The Bertz CT molecular complexity index is 1170. The van der Waals surface area contributed by atoms with E-state index in [1.165, 1.54) is 25.3 Å². The van der Waals surface area contributed by atoms with Crippen molar-refractivity contribution in [3.8, 4) is 11.8 Å². The van der Waals surface area contributed by atoms with Gasteiger partial charge in [0.2, 0.25) is 0 Å². The Balaban J connectivity index is 2.11. The van der Waals surface area contributed by atoms with Crippen molar-refractivity contribution in [2.45, 2.75) is 6.92 Å². The number of nitrogens with zero attached hydrogens (tertiary/aromatic N) is 2. The van der Waals surface area contributed by atoms with Crippen molar-refractivity contribution in [2.75, 3.05) is 19.0 Å². The molecule has 0 saturated heterocycles. The number of furan rings is 1. The zero-order valence-corrected chi connectivity index (χ0v) is 16.2. The second kappa shape index (κ2) is 8.79. The Morgan fingerprint density at radius 2 is 2.03 bits per heavy atom. The number of non-ortho nitro benzene ring substituents is 1. The Hall–Kier alpha value is -4.32. The minimum Gasteiger partial charge on any atom is -0.497 e. The van der Waals surface area contributed by atoms with Crippen molar-refractivity contribution < 1.29 is 23.6 Å². The molecule has 0 saturated carbocycles. The number of nitriles is 1. The molecule has 1 N–H and O–H groups in total. The number of anilines is 2. The second-order valence-electron chi connectivity index (χ2n) is 6.02. The molecule has 1 aromatic heterocycles. The van der Waals surface area contributed by atoms with Gasteiger partial charge >= 0.3 is 5.97 Å². The van der Waals surface area contributed by atoms with Gasteiger partial charge in [-0.3, -0.25) is 10.1 Å². The highest BCUT2D eigenvalue weighted by molar-refractivity contribution is 6.02. The van der Waals surface area contributed by atoms with E-state index in [0.717, 1.165) is 0 Å². The number of benzene rings is 2. The first-order chi connectivity index (χ1) is 14.5. The Kier molecular flexibility index (Phi) is 5.98. The van der Waals surface area contributed by atoms with Gasteiger partial charge in [0, 0.05) is 29.3 Å². The number of rotatable bonds is 7. The van der Waals surface area contributed by atoms with Crippen LogP contribution in [0.3, 0.4) is 0 Å². The zero-order valence-electron chi connectivity index (χ0n) is 16.2. The Labute approximate surface area is 171 Å². The van der Waals surface area contributed by atoms with Crippen LogP contribution in [0.15, 0.2) is 52.5 Å². The number of fused-ring (bicyclic) bond motifs is 1. The van der Waals surface area contributed by atoms with Gasteiger partial charge < -0.3 is 19.2 Å². The summed E-state index contributed by atoms with van der Waals surface area (Å²) in [5.74, 6) is 0.0389. The zero-order chi connectivity index (χ0) is 21.7. The number of hydrogen-bond donors (Lipinski definition) is 1. The number of esters is 1. The maximum atomic E-state index is 12.0. The molecule has 152 valence electrons. The fourth-order valence-corrected chi connectivity index (χ4v) is 2.74. The summed E-state index contributed by atoms with van der Waals surface area (Å²) in [6.45, 7) is 1.77. The topological polar surface area (TPSA) is 128 Å². The van der Waals surface area contributed by atoms with Crippen LogP contribution in [-0.2, 0) is 9.53 Å². The largest absolute Gasteiger partial charge is 0.497 e. The monoisotopic (exact) mass is 407 g/mol. The first-order valence-corrected chi connectivity index (χ1v) is 8.87. The molecule has 0 fully saturated rings. The lowest BCUT2D eigenvalue weighted by Crippen LogP contribution is -2.06. The number of methoxy groups -OCH3 is 1. The average molecular weight is 407 g/mol. The molecule has 9 nitrogen and oxygen atoms in total. The summed E-state index contributed by atoms with van der Waals surface area (Å²) in [7, 11) is 1.53. The summed E-state index contributed by atoms with van der Waals surface area (Å²) in [5, 5.41) is 24.0. The molecule has 0 unspecified atom stereocenters. The second-order valence-corrected chi connectivity index (χ2v) is 6.02. The third-order valence-corrected chi connectivity index (χ3v) is 4.16. The van der Waals surface area contributed by atoms with E-state index in [1.54, 1.807) is 37.3 Å². The fourth-order valence-electron chi connectivity index (χ4n) is 2.74. The maximum Gasteiger partial charge on any atom is 0.349 e. The predicted octanol–water partition coefficient (Wildman–Crippen LogP) is 4.56. The van der Waals surface area contributed by atoms with Gasteiger partial charge in [0.25, 0.3) is 5.69 Å². The summed E-state index contributed by atoms with van der Waals surface area (Å²) in [6, 6.07) is 12.8. The number of carbonyl (C=O) groups excluding carboxylic acids is 1. The van der Waals surface area contributed by atoms with Gasteiger partial charge in [-0.1, -0.05) is 0 Å². The molecule has 0 atom stereocenters. The van der Waals surface area contributed by atoms with Crippen molar-refractivity contribution >= 4 is 40.1 Å². The van der Waals surface area contributed by atoms with Gasteiger partial charge in [-0.15, -0.1) is 0 Å². The summed E-state index contributed by atoms with van der Waals surface area (Å²) >= 11 is 0. The van der Waals surface area contributed by atoms with Crippen molar-refractivity contribution in [2.24, 2.45) is 0 Å². The smallest absolute Gasteiger partial charge is 0.349 e. The number of ether oxygens (including phenoxy) is 2. The van der Waals surface area contributed by atoms with E-state index in [0.29, 0.717) is 28.1 Å². The first-order valence-electron chi connectivity index (χ1n) is 8.87. The lowest BCUT2D eigenvalue weighted by atomic mass is 10.1. The molecular formula is C21H17N3O6. The molecule has 2 aromatic carbocycles. The van der Waals surface area contributed by atoms with E-state index >= 15 is 0 Å². The summed E-state index contributed by atoms with van der Waals surface area (Å²) in [4.78, 5) is 22.4. The average Bonchev–Trinajstić information content (AvgIpc) is 3.08. The van der Waals surface area contributed by atoms with Crippen LogP contribution in [0.25, 0.3) is 17.0 Å². The minimum atomic E-state index is -0.765. The summed E-state index contributed by atoms with van der Waals surface area (Å²) in [5.41, 5.74) is 1.24. The molecule has 0 aliphatic heterocycles. The molecule has 0 radical (unpaired) electrons. The first kappa shape index (κ1) is 20.4. The number of hydrogen-bond acceptors (Lipinski definition) is 8. The molecule has 9 heteroatoms. The van der Waals surface area contributed by atoms with E-state index in [2.05, 4.69) is 5.32 Å². The van der Waals surface area contributed by atoms with E-state index in [4.69, 9.17) is 13.9 Å². The predicted molar refractivity (Wildman–Crippen MR) is 109 cm³/mol. The third-order valence-electron chi connectivity index (χ3n) is 4.16. The third kappa shape index (κ3) is 4.23. The SMILES string of the molecule is CCOC(=O)C(C#N)=Cc1oc2ccc(OC)cc2c1Nc1ccc([N+](=O)[O-])cc1. The molecule has 0 amide bonds. The van der Waals surface area contributed by atoms with Crippen molar-refractivity contribution in [1.29, 1.82) is 5.26 Å². The van der Waals surface area contributed by atoms with Crippen LogP contribution in [-0.4, -0.2) is 24.6 Å². The molecular weight excluding hydrogens is 390 g/mol. The number of nitro benzene ring substituents is 1. The maximum absolute atomic E-state index is 12.0. The van der Waals surface area contributed by atoms with Crippen molar-refractivity contribution in [1.82, 2.24) is 0 Å². The normalized spacial score (nSPS) is 11.0. The van der Waals surface area contributed by atoms with E-state index in [9.17, 15) is 20.2 Å². The van der Waals surface area contributed by atoms with Crippen molar-refractivity contribution in [3.63, 3.8) is 0 Å². The van der Waals surface area contributed by atoms with Gasteiger partial charge in [-0.25, -0.2) is 4.79 Å². The highest BCUT2D eigenvalue weighted by atomic mass is 16.6. The van der Waals surface area contributed by atoms with Crippen LogP contribution in [0, 0.1) is 21.4 Å². The van der Waals surface area contributed by atoms with Gasteiger partial charge in [0.05, 0.1) is 24.3 Å². The standard InChI is InChI=1S/C21H17N3O6/c1-3-29-21(25)13(12-22)10-19-20(17-11-16(28-2)8-9-18(17)30-19)23-14-4-6-15(7-5-14)24(26)27/h4-11,23H,3H2,1-2H3. The molecule has 30 heavy (non-hydrogen) atoms. The Morgan fingerprint density at radius 3 is 2.63 bits per heavy atom. The molecule has 0 spiro atoms. The molecule has 0 bridgehead atoms. The van der Waals surface area contributed by atoms with Crippen molar-refractivity contribution in [3.05, 3.63) is 63.9 Å². The number of carbonyl (C=O) groups is 1. The van der Waals surface area contributed by atoms with Gasteiger partial charge in [0.1, 0.15) is 23.0 Å². The fraction of sp³-hybridized carbons (Fsp3) is 0.143. The van der Waals surface area contributed by atoms with Crippen LogP contribution >= 0.6 is 0 Å². The molecule has 0 aliphatic rings. The number of nitrogens with one attached hydrogen (secondary N) is 1.